The number of carbonyl (C=O) groups excluding carboxylic acids is 3. The van der Waals surface area contributed by atoms with E-state index in [4.69, 9.17) is 4.74 Å². The van der Waals surface area contributed by atoms with Crippen LogP contribution in [0, 0.1) is 12.8 Å². The molecule has 35 heavy (non-hydrogen) atoms. The van der Waals surface area contributed by atoms with Crippen molar-refractivity contribution in [2.45, 2.75) is 45.1 Å². The van der Waals surface area contributed by atoms with Gasteiger partial charge < -0.3 is 15.0 Å². The van der Waals surface area contributed by atoms with Gasteiger partial charge >= 0.3 is 6.03 Å². The maximum absolute atomic E-state index is 13.5. The highest BCUT2D eigenvalue weighted by molar-refractivity contribution is 7.09. The largest absolute Gasteiger partial charge is 0.490 e. The van der Waals surface area contributed by atoms with Crippen LogP contribution in [-0.4, -0.2) is 64.4 Å². The number of rotatable bonds is 9. The monoisotopic (exact) mass is 496 g/mol. The van der Waals surface area contributed by atoms with E-state index < -0.39 is 5.54 Å². The molecule has 9 heteroatoms. The topological polar surface area (TPSA) is 91.8 Å². The number of nitrogens with zero attached hydrogens (tertiary/aromatic N) is 3. The molecule has 1 atom stereocenters. The smallest absolute Gasteiger partial charge is 0.325 e. The number of aryl methyl sites for hydroxylation is 1. The molecule has 2 fully saturated rings. The van der Waals surface area contributed by atoms with E-state index in [2.05, 4.69) is 16.9 Å². The molecule has 4 amide bonds. The molecule has 2 saturated heterocycles. The molecule has 2 aliphatic rings. The summed E-state index contributed by atoms with van der Waals surface area (Å²) in [5.74, 6) is 0.402. The summed E-state index contributed by atoms with van der Waals surface area (Å²) in [7, 11) is 0. The van der Waals surface area contributed by atoms with Gasteiger partial charge in [-0.05, 0) is 50.3 Å². The summed E-state index contributed by atoms with van der Waals surface area (Å²) >= 11 is 1.54. The number of benzene rings is 1. The van der Waals surface area contributed by atoms with E-state index in [0.29, 0.717) is 63.2 Å². The minimum atomic E-state index is -0.909. The van der Waals surface area contributed by atoms with Gasteiger partial charge in [0.25, 0.3) is 11.8 Å². The maximum atomic E-state index is 13.5. The van der Waals surface area contributed by atoms with Gasteiger partial charge in [0.2, 0.25) is 0 Å². The summed E-state index contributed by atoms with van der Waals surface area (Å²) < 4.78 is 5.55. The van der Waals surface area contributed by atoms with Crippen LogP contribution in [0.2, 0.25) is 0 Å². The second-order valence-electron chi connectivity index (χ2n) is 9.02. The third-order valence-electron chi connectivity index (χ3n) is 7.09. The van der Waals surface area contributed by atoms with Gasteiger partial charge in [-0.15, -0.1) is 11.3 Å². The van der Waals surface area contributed by atoms with Crippen LogP contribution in [0.3, 0.4) is 0 Å². The molecule has 8 nitrogen and oxygen atoms in total. The Morgan fingerprint density at radius 1 is 1.34 bits per heavy atom. The second-order valence-corrected chi connectivity index (χ2v) is 9.96. The first-order valence-electron chi connectivity index (χ1n) is 12.1. The van der Waals surface area contributed by atoms with Crippen molar-refractivity contribution in [2.24, 2.45) is 5.92 Å². The molecule has 0 aliphatic carbocycles. The molecule has 2 aromatic rings. The summed E-state index contributed by atoms with van der Waals surface area (Å²) in [4.78, 5) is 47.9. The third kappa shape index (κ3) is 4.96. The number of thiazole rings is 1. The van der Waals surface area contributed by atoms with Crippen LogP contribution in [0.4, 0.5) is 4.79 Å². The zero-order valence-corrected chi connectivity index (χ0v) is 21.1. The number of ether oxygens (including phenoxy) is 1. The first-order valence-corrected chi connectivity index (χ1v) is 12.9. The molecule has 186 valence electrons. The van der Waals surface area contributed by atoms with Crippen molar-refractivity contribution in [3.63, 3.8) is 0 Å². The van der Waals surface area contributed by atoms with Gasteiger partial charge in [0.15, 0.2) is 0 Å². The number of likely N-dealkylation sites (tertiary alicyclic amines) is 1. The second kappa shape index (κ2) is 10.6. The Balaban J connectivity index is 1.39. The summed E-state index contributed by atoms with van der Waals surface area (Å²) in [6.07, 6.45) is 4.10. The van der Waals surface area contributed by atoms with E-state index in [1.165, 1.54) is 4.90 Å². The van der Waals surface area contributed by atoms with Gasteiger partial charge in [-0.1, -0.05) is 25.6 Å². The molecule has 0 radical (unpaired) electrons. The standard InChI is InChI=1S/C26H32N4O4S/c1-4-15-34-21-8-6-7-19(16-21)23(31)29-12-9-20(10-13-29)26(5-2)24(32)30(25(33)28-26)14-11-22-18(3)27-17-35-22/h4,6-8,16-17,20H,1,5,9-15H2,2-3H3,(H,28,33)/t26-/m1/s1. The van der Waals surface area contributed by atoms with Gasteiger partial charge in [-0.25, -0.2) is 9.78 Å². The number of imide groups is 1. The number of hydrogen-bond donors (Lipinski definition) is 1. The lowest BCUT2D eigenvalue weighted by molar-refractivity contribution is -0.134. The van der Waals surface area contributed by atoms with E-state index in [-0.39, 0.29) is 23.8 Å². The number of hydrogen-bond acceptors (Lipinski definition) is 6. The Morgan fingerprint density at radius 2 is 2.11 bits per heavy atom. The predicted molar refractivity (Wildman–Crippen MR) is 135 cm³/mol. The van der Waals surface area contributed by atoms with Crippen molar-refractivity contribution < 1.29 is 19.1 Å². The quantitative estimate of drug-likeness (QED) is 0.421. The fourth-order valence-corrected chi connectivity index (χ4v) is 5.83. The summed E-state index contributed by atoms with van der Waals surface area (Å²) in [5.41, 5.74) is 2.39. The molecule has 0 unspecified atom stereocenters. The number of aromatic nitrogens is 1. The van der Waals surface area contributed by atoms with Gasteiger partial charge in [0, 0.05) is 36.5 Å². The van der Waals surface area contributed by atoms with Crippen molar-refractivity contribution in [3.05, 3.63) is 58.6 Å². The Bertz CT molecular complexity index is 1110. The SMILES string of the molecule is C=CCOc1cccc(C(=O)N2CCC([C@@]3(CC)NC(=O)N(CCc4scnc4C)C3=O)CC2)c1. The van der Waals surface area contributed by atoms with Crippen molar-refractivity contribution in [2.75, 3.05) is 26.2 Å². The summed E-state index contributed by atoms with van der Waals surface area (Å²) in [5, 5.41) is 3.03. The van der Waals surface area contributed by atoms with E-state index in [1.807, 2.05) is 24.8 Å². The highest BCUT2D eigenvalue weighted by atomic mass is 32.1. The minimum absolute atomic E-state index is 0.0228. The molecular formula is C26H32N4O4S. The van der Waals surface area contributed by atoms with Gasteiger partial charge in [-0.3, -0.25) is 14.5 Å². The van der Waals surface area contributed by atoms with Crippen LogP contribution in [0.25, 0.3) is 0 Å². The van der Waals surface area contributed by atoms with E-state index in [1.54, 1.807) is 41.1 Å². The van der Waals surface area contributed by atoms with Gasteiger partial charge in [-0.2, -0.15) is 0 Å². The van der Waals surface area contributed by atoms with Crippen molar-refractivity contribution in [1.29, 1.82) is 0 Å². The van der Waals surface area contributed by atoms with Crippen LogP contribution in [-0.2, 0) is 11.2 Å². The van der Waals surface area contributed by atoms with Crippen LogP contribution < -0.4 is 10.1 Å². The first-order chi connectivity index (χ1) is 16.9. The lowest BCUT2D eigenvalue weighted by atomic mass is 9.75. The molecule has 1 aromatic heterocycles. The minimum Gasteiger partial charge on any atom is -0.490 e. The third-order valence-corrected chi connectivity index (χ3v) is 8.09. The first kappa shape index (κ1) is 24.9. The number of carbonyl (C=O) groups is 3. The fourth-order valence-electron chi connectivity index (χ4n) is 5.06. The molecule has 1 N–H and O–H groups in total. The molecular weight excluding hydrogens is 464 g/mol. The molecule has 1 aromatic carbocycles. The Kier molecular flexibility index (Phi) is 7.54. The Labute approximate surface area is 210 Å². The summed E-state index contributed by atoms with van der Waals surface area (Å²) in [6.45, 7) is 9.32. The average Bonchev–Trinajstić information content (AvgIpc) is 3.40. The van der Waals surface area contributed by atoms with E-state index in [9.17, 15) is 14.4 Å². The highest BCUT2D eigenvalue weighted by Crippen LogP contribution is 2.36. The number of urea groups is 1. The molecule has 4 rings (SSSR count). The number of nitrogens with one attached hydrogen (secondary N) is 1. The van der Waals surface area contributed by atoms with E-state index in [0.717, 1.165) is 10.6 Å². The molecule has 3 heterocycles. The molecule has 0 spiro atoms. The van der Waals surface area contributed by atoms with Crippen molar-refractivity contribution in [1.82, 2.24) is 20.1 Å². The molecule has 2 aliphatic heterocycles. The van der Waals surface area contributed by atoms with Gasteiger partial charge in [0.05, 0.1) is 11.2 Å². The zero-order valence-electron chi connectivity index (χ0n) is 20.3. The van der Waals surface area contributed by atoms with Crippen LogP contribution in [0.15, 0.2) is 42.4 Å². The van der Waals surface area contributed by atoms with Crippen LogP contribution in [0.5, 0.6) is 5.75 Å². The Hall–Kier alpha value is -3.20. The number of piperidine rings is 1. The lowest BCUT2D eigenvalue weighted by Crippen LogP contribution is -2.56. The van der Waals surface area contributed by atoms with E-state index >= 15 is 0 Å². The summed E-state index contributed by atoms with van der Waals surface area (Å²) in [6, 6.07) is 6.82. The lowest BCUT2D eigenvalue weighted by Gasteiger charge is -2.40. The highest BCUT2D eigenvalue weighted by Gasteiger charge is 2.54. The van der Waals surface area contributed by atoms with Gasteiger partial charge in [0.1, 0.15) is 17.9 Å². The van der Waals surface area contributed by atoms with Crippen LogP contribution >= 0.6 is 11.3 Å². The van der Waals surface area contributed by atoms with Crippen LogP contribution in [0.1, 0.15) is 47.1 Å². The average molecular weight is 497 g/mol. The molecule has 0 saturated carbocycles. The number of amides is 4. The van der Waals surface area contributed by atoms with Crippen molar-refractivity contribution in [3.8, 4) is 5.75 Å². The maximum Gasteiger partial charge on any atom is 0.325 e. The zero-order chi connectivity index (χ0) is 25.0. The predicted octanol–water partition coefficient (Wildman–Crippen LogP) is 3.81. The Morgan fingerprint density at radius 3 is 2.77 bits per heavy atom. The fraction of sp³-hybridized carbons (Fsp3) is 0.462. The molecule has 0 bridgehead atoms. The van der Waals surface area contributed by atoms with Crippen molar-refractivity contribution >= 4 is 29.2 Å². The normalized spacial score (nSPS) is 20.7.